The van der Waals surface area contributed by atoms with Gasteiger partial charge in [0.05, 0.1) is 18.8 Å². The molecule has 0 atom stereocenters. The van der Waals surface area contributed by atoms with Gasteiger partial charge in [-0.1, -0.05) is 58.0 Å². The number of fused-ring (bicyclic) bond motifs is 1. The van der Waals surface area contributed by atoms with Crippen molar-refractivity contribution >= 4 is 5.97 Å². The summed E-state index contributed by atoms with van der Waals surface area (Å²) in [5.41, 5.74) is 8.31. The first-order valence-electron chi connectivity index (χ1n) is 12.9. The monoisotopic (exact) mass is 502 g/mol. The van der Waals surface area contributed by atoms with E-state index in [4.69, 9.17) is 14.2 Å². The summed E-state index contributed by atoms with van der Waals surface area (Å²) in [5, 5.41) is 9.38. The van der Waals surface area contributed by atoms with E-state index in [1.54, 1.807) is 19.2 Å². The second-order valence-corrected chi connectivity index (χ2v) is 11.2. The minimum atomic E-state index is -0.924. The van der Waals surface area contributed by atoms with Gasteiger partial charge in [0.2, 0.25) is 0 Å². The van der Waals surface area contributed by atoms with Crippen LogP contribution in [0, 0.1) is 6.92 Å². The van der Waals surface area contributed by atoms with Crippen LogP contribution < -0.4 is 4.74 Å². The predicted molar refractivity (Wildman–Crippen MR) is 148 cm³/mol. The van der Waals surface area contributed by atoms with Crippen molar-refractivity contribution in [3.8, 4) is 28.0 Å². The van der Waals surface area contributed by atoms with E-state index < -0.39 is 5.97 Å². The molecule has 1 aliphatic rings. The van der Waals surface area contributed by atoms with Gasteiger partial charge in [0.15, 0.2) is 6.79 Å². The van der Waals surface area contributed by atoms with Crippen LogP contribution in [0.3, 0.4) is 0 Å². The predicted octanol–water partition coefficient (Wildman–Crippen LogP) is 7.38. The van der Waals surface area contributed by atoms with Crippen molar-refractivity contribution in [2.75, 3.05) is 27.1 Å². The molecule has 0 bridgehead atoms. The number of hydrogen-bond acceptors (Lipinski definition) is 4. The van der Waals surface area contributed by atoms with E-state index in [1.165, 1.54) is 17.5 Å². The first-order chi connectivity index (χ1) is 17.5. The lowest BCUT2D eigenvalue weighted by atomic mass is 9.63. The summed E-state index contributed by atoms with van der Waals surface area (Å²) in [5.74, 6) is -0.180. The summed E-state index contributed by atoms with van der Waals surface area (Å²) in [6, 6.07) is 18.2. The SMILES string of the molecule is COCCOCOc1ccc(-c2ccc(C(=O)O)cc2C)cc1-c1ccc2c(c1)C(C)(C)CCC2(C)C. The summed E-state index contributed by atoms with van der Waals surface area (Å²) >= 11 is 0. The number of methoxy groups -OCH3 is 1. The van der Waals surface area contributed by atoms with Gasteiger partial charge in [-0.2, -0.15) is 0 Å². The topological polar surface area (TPSA) is 65.0 Å². The Hall–Kier alpha value is -3.15. The molecule has 5 nitrogen and oxygen atoms in total. The summed E-state index contributed by atoms with van der Waals surface area (Å²) in [6.07, 6.45) is 2.31. The number of aromatic carboxylic acids is 1. The summed E-state index contributed by atoms with van der Waals surface area (Å²) in [4.78, 5) is 11.4. The molecule has 0 aliphatic heterocycles. The van der Waals surface area contributed by atoms with Crippen LogP contribution in [-0.2, 0) is 20.3 Å². The Morgan fingerprint density at radius 1 is 0.838 bits per heavy atom. The summed E-state index contributed by atoms with van der Waals surface area (Å²) in [6.45, 7) is 12.4. The molecule has 196 valence electrons. The molecular weight excluding hydrogens is 464 g/mol. The van der Waals surface area contributed by atoms with Gasteiger partial charge in [0.1, 0.15) is 5.75 Å². The average Bonchev–Trinajstić information content (AvgIpc) is 2.86. The third kappa shape index (κ3) is 5.73. The minimum absolute atomic E-state index is 0.0893. The molecule has 0 spiro atoms. The maximum absolute atomic E-state index is 11.4. The molecule has 0 heterocycles. The van der Waals surface area contributed by atoms with Crippen LogP contribution in [0.5, 0.6) is 5.75 Å². The molecule has 37 heavy (non-hydrogen) atoms. The van der Waals surface area contributed by atoms with Gasteiger partial charge in [-0.05, 0) is 88.2 Å². The lowest BCUT2D eigenvalue weighted by molar-refractivity contribution is -0.00821. The summed E-state index contributed by atoms with van der Waals surface area (Å²) < 4.78 is 16.7. The first-order valence-corrected chi connectivity index (χ1v) is 12.9. The molecule has 0 radical (unpaired) electrons. The number of ether oxygens (including phenoxy) is 3. The molecule has 0 amide bonds. The van der Waals surface area contributed by atoms with E-state index >= 15 is 0 Å². The van der Waals surface area contributed by atoms with Crippen molar-refractivity contribution in [2.45, 2.75) is 58.3 Å². The maximum atomic E-state index is 11.4. The van der Waals surface area contributed by atoms with Crippen LogP contribution in [0.2, 0.25) is 0 Å². The van der Waals surface area contributed by atoms with Crippen LogP contribution in [0.1, 0.15) is 67.6 Å². The largest absolute Gasteiger partial charge is 0.478 e. The molecule has 4 rings (SSSR count). The molecule has 3 aromatic carbocycles. The van der Waals surface area contributed by atoms with Crippen molar-refractivity contribution < 1.29 is 24.1 Å². The Balaban J connectivity index is 1.79. The second kappa shape index (κ2) is 10.7. The van der Waals surface area contributed by atoms with Crippen LogP contribution in [0.25, 0.3) is 22.3 Å². The molecule has 1 N–H and O–H groups in total. The van der Waals surface area contributed by atoms with Crippen molar-refractivity contribution in [1.29, 1.82) is 0 Å². The molecule has 1 aliphatic carbocycles. The Labute approximate surface area is 220 Å². The van der Waals surface area contributed by atoms with E-state index in [0.29, 0.717) is 13.2 Å². The van der Waals surface area contributed by atoms with Gasteiger partial charge in [0, 0.05) is 12.7 Å². The van der Waals surface area contributed by atoms with Crippen LogP contribution in [0.15, 0.2) is 54.6 Å². The smallest absolute Gasteiger partial charge is 0.335 e. The molecule has 0 saturated heterocycles. The Morgan fingerprint density at radius 3 is 2.19 bits per heavy atom. The van der Waals surface area contributed by atoms with Gasteiger partial charge in [-0.3, -0.25) is 0 Å². The van der Waals surface area contributed by atoms with E-state index in [0.717, 1.165) is 40.0 Å². The zero-order valence-corrected chi connectivity index (χ0v) is 22.8. The molecule has 0 unspecified atom stereocenters. The van der Waals surface area contributed by atoms with Crippen molar-refractivity contribution in [3.05, 3.63) is 76.9 Å². The molecular formula is C32H38O5. The number of hydrogen-bond donors (Lipinski definition) is 1. The molecule has 5 heteroatoms. The number of rotatable bonds is 9. The molecule has 0 fully saturated rings. The third-order valence-corrected chi connectivity index (χ3v) is 7.66. The van der Waals surface area contributed by atoms with Crippen LogP contribution in [-0.4, -0.2) is 38.2 Å². The van der Waals surface area contributed by atoms with E-state index in [1.807, 2.05) is 25.1 Å². The van der Waals surface area contributed by atoms with Crippen LogP contribution in [0.4, 0.5) is 0 Å². The lowest BCUT2D eigenvalue weighted by Crippen LogP contribution is -2.33. The fraction of sp³-hybridized carbons (Fsp3) is 0.406. The number of aryl methyl sites for hydroxylation is 1. The highest BCUT2D eigenvalue weighted by Crippen LogP contribution is 2.47. The quantitative estimate of drug-likeness (QED) is 0.244. The maximum Gasteiger partial charge on any atom is 0.335 e. The van der Waals surface area contributed by atoms with Crippen molar-refractivity contribution in [3.63, 3.8) is 0 Å². The second-order valence-electron chi connectivity index (χ2n) is 11.2. The van der Waals surface area contributed by atoms with E-state index in [2.05, 4.69) is 52.0 Å². The number of carboxylic acids is 1. The molecule has 0 saturated carbocycles. The number of carbonyl (C=O) groups is 1. The third-order valence-electron chi connectivity index (χ3n) is 7.66. The normalized spacial score (nSPS) is 15.7. The minimum Gasteiger partial charge on any atom is -0.478 e. The molecule has 0 aromatic heterocycles. The van der Waals surface area contributed by atoms with Crippen LogP contribution >= 0.6 is 0 Å². The Morgan fingerprint density at radius 2 is 1.51 bits per heavy atom. The first kappa shape index (κ1) is 26.9. The average molecular weight is 503 g/mol. The Kier molecular flexibility index (Phi) is 7.77. The fourth-order valence-corrected chi connectivity index (χ4v) is 5.23. The number of carboxylic acid groups (broad SMARTS) is 1. The highest BCUT2D eigenvalue weighted by Gasteiger charge is 2.37. The van der Waals surface area contributed by atoms with Crippen molar-refractivity contribution in [2.24, 2.45) is 0 Å². The van der Waals surface area contributed by atoms with Gasteiger partial charge in [0.25, 0.3) is 0 Å². The van der Waals surface area contributed by atoms with Crippen molar-refractivity contribution in [1.82, 2.24) is 0 Å². The summed E-state index contributed by atoms with van der Waals surface area (Å²) in [7, 11) is 1.64. The van der Waals surface area contributed by atoms with E-state index in [-0.39, 0.29) is 23.2 Å². The van der Waals surface area contributed by atoms with Gasteiger partial charge >= 0.3 is 5.97 Å². The molecule has 3 aromatic rings. The standard InChI is InChI=1S/C32H38O5/c1-21-17-24(30(33)34)7-10-25(21)22-9-12-29(37-20-36-16-15-35-6)26(18-22)23-8-11-27-28(19-23)32(4,5)14-13-31(27,2)3/h7-12,17-19H,13-16,20H2,1-6H3,(H,33,34). The Bertz CT molecular complexity index is 1290. The zero-order chi connectivity index (χ0) is 26.8. The zero-order valence-electron chi connectivity index (χ0n) is 22.8. The highest BCUT2D eigenvalue weighted by atomic mass is 16.7. The highest BCUT2D eigenvalue weighted by molar-refractivity contribution is 5.89. The van der Waals surface area contributed by atoms with Gasteiger partial charge in [-0.25, -0.2) is 4.79 Å². The van der Waals surface area contributed by atoms with E-state index in [9.17, 15) is 9.90 Å². The fourth-order valence-electron chi connectivity index (χ4n) is 5.23. The van der Waals surface area contributed by atoms with Gasteiger partial charge < -0.3 is 19.3 Å². The van der Waals surface area contributed by atoms with Gasteiger partial charge in [-0.15, -0.1) is 0 Å². The number of benzene rings is 3. The lowest BCUT2D eigenvalue weighted by Gasteiger charge is -2.42.